The van der Waals surface area contributed by atoms with Gasteiger partial charge in [0.25, 0.3) is 0 Å². The Morgan fingerprint density at radius 2 is 1.97 bits per heavy atom. The van der Waals surface area contributed by atoms with Crippen molar-refractivity contribution in [1.29, 1.82) is 0 Å². The van der Waals surface area contributed by atoms with E-state index in [4.69, 9.17) is 9.47 Å². The van der Waals surface area contributed by atoms with Crippen molar-refractivity contribution in [3.63, 3.8) is 0 Å². The minimum absolute atomic E-state index is 0.0805. The molecule has 0 saturated carbocycles. The summed E-state index contributed by atoms with van der Waals surface area (Å²) < 4.78 is 24.2. The highest BCUT2D eigenvalue weighted by Gasteiger charge is 2.22. The summed E-state index contributed by atoms with van der Waals surface area (Å²) in [5.41, 5.74) is 2.29. The van der Waals surface area contributed by atoms with E-state index in [2.05, 4.69) is 16.0 Å². The number of amides is 3. The fourth-order valence-corrected chi connectivity index (χ4v) is 3.01. The van der Waals surface area contributed by atoms with Crippen LogP contribution >= 0.6 is 0 Å². The minimum Gasteiger partial charge on any atom is -0.492 e. The lowest BCUT2D eigenvalue weighted by molar-refractivity contribution is -0.115. The topological polar surface area (TPSA) is 88.7 Å². The SMILES string of the molecule is CCOc1cc2c(cc1NC(=O)CNC(=O)NCc1ccc(F)cc1)O[C@H](C)C2. The van der Waals surface area contributed by atoms with Crippen molar-refractivity contribution < 1.29 is 23.5 Å². The number of nitrogens with one attached hydrogen (secondary N) is 3. The first-order valence-corrected chi connectivity index (χ1v) is 9.47. The van der Waals surface area contributed by atoms with Crippen LogP contribution in [-0.4, -0.2) is 31.2 Å². The van der Waals surface area contributed by atoms with Crippen molar-refractivity contribution in [3.8, 4) is 11.5 Å². The third-order valence-corrected chi connectivity index (χ3v) is 4.35. The maximum Gasteiger partial charge on any atom is 0.315 e. The number of ether oxygens (including phenoxy) is 2. The highest BCUT2D eigenvalue weighted by molar-refractivity contribution is 5.95. The van der Waals surface area contributed by atoms with Gasteiger partial charge in [0.1, 0.15) is 23.4 Å². The number of hydrogen-bond acceptors (Lipinski definition) is 4. The van der Waals surface area contributed by atoms with Crippen LogP contribution < -0.4 is 25.4 Å². The molecule has 0 bridgehead atoms. The van der Waals surface area contributed by atoms with Gasteiger partial charge in [0, 0.05) is 24.6 Å². The number of halogens is 1. The summed E-state index contributed by atoms with van der Waals surface area (Å²) in [5.74, 6) is 0.556. The van der Waals surface area contributed by atoms with Crippen LogP contribution in [0.25, 0.3) is 0 Å². The predicted octanol–water partition coefficient (Wildman–Crippen LogP) is 2.99. The molecule has 1 heterocycles. The number of fused-ring (bicyclic) bond motifs is 1. The maximum atomic E-state index is 12.9. The zero-order valence-electron chi connectivity index (χ0n) is 16.4. The summed E-state index contributed by atoms with van der Waals surface area (Å²) in [4.78, 5) is 24.1. The molecule has 1 aliphatic rings. The molecule has 154 valence electrons. The summed E-state index contributed by atoms with van der Waals surface area (Å²) in [7, 11) is 0. The van der Waals surface area contributed by atoms with Crippen molar-refractivity contribution in [1.82, 2.24) is 10.6 Å². The van der Waals surface area contributed by atoms with Crippen molar-refractivity contribution in [3.05, 3.63) is 53.3 Å². The monoisotopic (exact) mass is 401 g/mol. The second-order valence-corrected chi connectivity index (χ2v) is 6.73. The van der Waals surface area contributed by atoms with Crippen LogP contribution in [0.4, 0.5) is 14.9 Å². The van der Waals surface area contributed by atoms with Crippen molar-refractivity contribution >= 4 is 17.6 Å². The molecule has 1 aliphatic heterocycles. The maximum absolute atomic E-state index is 12.9. The van der Waals surface area contributed by atoms with E-state index in [0.717, 1.165) is 23.3 Å². The quantitative estimate of drug-likeness (QED) is 0.666. The lowest BCUT2D eigenvalue weighted by Crippen LogP contribution is -2.39. The molecular formula is C21H24FN3O4. The van der Waals surface area contributed by atoms with Crippen molar-refractivity contribution in [2.45, 2.75) is 32.9 Å². The molecule has 0 fully saturated rings. The highest BCUT2D eigenvalue weighted by Crippen LogP contribution is 2.37. The van der Waals surface area contributed by atoms with Crippen molar-refractivity contribution in [2.75, 3.05) is 18.5 Å². The fourth-order valence-electron chi connectivity index (χ4n) is 3.01. The van der Waals surface area contributed by atoms with Gasteiger partial charge in [-0.25, -0.2) is 9.18 Å². The van der Waals surface area contributed by atoms with E-state index in [1.54, 1.807) is 18.2 Å². The van der Waals surface area contributed by atoms with E-state index in [-0.39, 0.29) is 25.0 Å². The van der Waals surface area contributed by atoms with E-state index in [9.17, 15) is 14.0 Å². The summed E-state index contributed by atoms with van der Waals surface area (Å²) >= 11 is 0. The summed E-state index contributed by atoms with van der Waals surface area (Å²) in [6.07, 6.45) is 0.872. The molecule has 3 rings (SSSR count). The number of anilines is 1. The summed E-state index contributed by atoms with van der Waals surface area (Å²) in [6.45, 7) is 4.32. The van der Waals surface area contributed by atoms with Crippen LogP contribution in [-0.2, 0) is 17.8 Å². The largest absolute Gasteiger partial charge is 0.492 e. The Labute approximate surface area is 168 Å². The molecule has 0 spiro atoms. The van der Waals surface area contributed by atoms with E-state index in [1.165, 1.54) is 12.1 Å². The zero-order chi connectivity index (χ0) is 20.8. The zero-order valence-corrected chi connectivity index (χ0v) is 16.4. The molecule has 0 saturated heterocycles. The number of rotatable bonds is 7. The third-order valence-electron chi connectivity index (χ3n) is 4.35. The first kappa shape index (κ1) is 20.4. The van der Waals surface area contributed by atoms with Gasteiger partial charge < -0.3 is 25.4 Å². The Morgan fingerprint density at radius 3 is 2.69 bits per heavy atom. The van der Waals surface area contributed by atoms with Gasteiger partial charge in [-0.1, -0.05) is 12.1 Å². The fraction of sp³-hybridized carbons (Fsp3) is 0.333. The van der Waals surface area contributed by atoms with Crippen LogP contribution in [0.5, 0.6) is 11.5 Å². The normalized spacial score (nSPS) is 14.5. The van der Waals surface area contributed by atoms with E-state index in [0.29, 0.717) is 18.0 Å². The lowest BCUT2D eigenvalue weighted by atomic mass is 10.1. The van der Waals surface area contributed by atoms with Gasteiger partial charge in [0.15, 0.2) is 0 Å². The number of urea groups is 1. The molecule has 0 aromatic heterocycles. The number of carbonyl (C=O) groups is 2. The Bertz CT molecular complexity index is 886. The second kappa shape index (κ2) is 9.27. The second-order valence-electron chi connectivity index (χ2n) is 6.73. The van der Waals surface area contributed by atoms with Gasteiger partial charge in [-0.05, 0) is 37.6 Å². The molecule has 0 unspecified atom stereocenters. The summed E-state index contributed by atoms with van der Waals surface area (Å²) in [5, 5.41) is 7.85. The van der Waals surface area contributed by atoms with Gasteiger partial charge in [0.2, 0.25) is 5.91 Å². The molecule has 2 aromatic carbocycles. The first-order valence-electron chi connectivity index (χ1n) is 9.47. The van der Waals surface area contributed by atoms with Crippen LogP contribution in [0.2, 0.25) is 0 Å². The minimum atomic E-state index is -0.499. The van der Waals surface area contributed by atoms with Gasteiger partial charge in [-0.2, -0.15) is 0 Å². The predicted molar refractivity (Wildman–Crippen MR) is 107 cm³/mol. The molecule has 3 N–H and O–H groups in total. The standard InChI is InChI=1S/C21H24FN3O4/c1-3-28-19-9-15-8-13(2)29-18(15)10-17(19)25-20(26)12-24-21(27)23-11-14-4-6-16(22)7-5-14/h4-7,9-10,13H,3,8,11-12H2,1-2H3,(H,25,26)(H2,23,24,27)/t13-/m1/s1. The Hall–Kier alpha value is -3.29. The van der Waals surface area contributed by atoms with Gasteiger partial charge in [0.05, 0.1) is 18.8 Å². The highest BCUT2D eigenvalue weighted by atomic mass is 19.1. The Morgan fingerprint density at radius 1 is 1.21 bits per heavy atom. The third kappa shape index (κ3) is 5.60. The van der Waals surface area contributed by atoms with E-state index in [1.807, 2.05) is 19.9 Å². The van der Waals surface area contributed by atoms with Gasteiger partial charge >= 0.3 is 6.03 Å². The van der Waals surface area contributed by atoms with Crippen LogP contribution in [0, 0.1) is 5.82 Å². The molecule has 1 atom stereocenters. The number of hydrogen-bond donors (Lipinski definition) is 3. The molecule has 29 heavy (non-hydrogen) atoms. The molecule has 7 nitrogen and oxygen atoms in total. The lowest BCUT2D eigenvalue weighted by Gasteiger charge is -2.14. The Kier molecular flexibility index (Phi) is 6.54. The molecule has 8 heteroatoms. The van der Waals surface area contributed by atoms with Gasteiger partial charge in [-0.15, -0.1) is 0 Å². The van der Waals surface area contributed by atoms with Crippen LogP contribution in [0.15, 0.2) is 36.4 Å². The van der Waals surface area contributed by atoms with Gasteiger partial charge in [-0.3, -0.25) is 4.79 Å². The molecule has 0 aliphatic carbocycles. The average molecular weight is 401 g/mol. The van der Waals surface area contributed by atoms with Crippen molar-refractivity contribution in [2.24, 2.45) is 0 Å². The smallest absolute Gasteiger partial charge is 0.315 e. The Balaban J connectivity index is 1.51. The molecule has 2 aromatic rings. The summed E-state index contributed by atoms with van der Waals surface area (Å²) in [6, 6.07) is 8.92. The number of benzene rings is 2. The number of carbonyl (C=O) groups excluding carboxylic acids is 2. The van der Waals surface area contributed by atoms with E-state index >= 15 is 0 Å². The van der Waals surface area contributed by atoms with Crippen LogP contribution in [0.3, 0.4) is 0 Å². The average Bonchev–Trinajstić information content (AvgIpc) is 3.05. The van der Waals surface area contributed by atoms with Crippen LogP contribution in [0.1, 0.15) is 25.0 Å². The molecule has 3 amide bonds. The molecule has 0 radical (unpaired) electrons. The first-order chi connectivity index (χ1) is 13.9. The molecular weight excluding hydrogens is 377 g/mol. The van der Waals surface area contributed by atoms with E-state index < -0.39 is 11.9 Å².